The van der Waals surface area contributed by atoms with E-state index in [1.54, 1.807) is 18.0 Å². The summed E-state index contributed by atoms with van der Waals surface area (Å²) >= 11 is 0. The van der Waals surface area contributed by atoms with Gasteiger partial charge in [0.25, 0.3) is 0 Å². The molecule has 1 atom stereocenters. The van der Waals surface area contributed by atoms with Crippen LogP contribution in [-0.4, -0.2) is 42.5 Å². The Kier molecular flexibility index (Phi) is 4.77. The molecule has 2 heterocycles. The first kappa shape index (κ1) is 15.0. The molecule has 112 valence electrons. The molecule has 1 aromatic rings. The number of rotatable bonds is 6. The van der Waals surface area contributed by atoms with Gasteiger partial charge < -0.3 is 15.4 Å². The van der Waals surface area contributed by atoms with E-state index in [0.717, 1.165) is 25.2 Å². The first-order valence-corrected chi connectivity index (χ1v) is 7.12. The normalized spacial score (nSPS) is 22.4. The monoisotopic (exact) mass is 280 g/mol. The van der Waals surface area contributed by atoms with Gasteiger partial charge in [-0.05, 0) is 18.9 Å². The molecule has 6 heteroatoms. The summed E-state index contributed by atoms with van der Waals surface area (Å²) in [6.07, 6.45) is 4.41. The van der Waals surface area contributed by atoms with Crippen LogP contribution in [0.5, 0.6) is 0 Å². The molecule has 1 saturated heterocycles. The largest absolute Gasteiger partial charge is 0.383 e. The van der Waals surface area contributed by atoms with Gasteiger partial charge in [-0.3, -0.25) is 9.48 Å². The first-order valence-electron chi connectivity index (χ1n) is 7.12. The zero-order valence-corrected chi connectivity index (χ0v) is 12.5. The summed E-state index contributed by atoms with van der Waals surface area (Å²) in [5.41, 5.74) is 0.437. The zero-order chi connectivity index (χ0) is 14.6. The van der Waals surface area contributed by atoms with Crippen LogP contribution >= 0.6 is 0 Å². The van der Waals surface area contributed by atoms with Crippen LogP contribution in [0.25, 0.3) is 0 Å². The van der Waals surface area contributed by atoms with Crippen molar-refractivity contribution < 1.29 is 9.53 Å². The summed E-state index contributed by atoms with van der Waals surface area (Å²) < 4.78 is 6.78. The average molecular weight is 280 g/mol. The third-order valence-electron chi connectivity index (χ3n) is 4.16. The Balaban J connectivity index is 2.01. The molecule has 0 aliphatic carbocycles. The average Bonchev–Trinajstić information content (AvgIpc) is 3.05. The minimum absolute atomic E-state index is 0.0868. The molecule has 1 aliphatic heterocycles. The van der Waals surface area contributed by atoms with Gasteiger partial charge >= 0.3 is 0 Å². The fourth-order valence-electron chi connectivity index (χ4n) is 2.65. The lowest BCUT2D eigenvalue weighted by Gasteiger charge is -2.30. The van der Waals surface area contributed by atoms with E-state index in [-0.39, 0.29) is 11.3 Å². The van der Waals surface area contributed by atoms with Crippen molar-refractivity contribution in [1.29, 1.82) is 0 Å². The Morgan fingerprint density at radius 1 is 1.65 bits per heavy atom. The lowest BCUT2D eigenvalue weighted by Crippen LogP contribution is -2.42. The van der Waals surface area contributed by atoms with Crippen molar-refractivity contribution in [2.24, 2.45) is 11.3 Å². The van der Waals surface area contributed by atoms with Crippen molar-refractivity contribution in [3.8, 4) is 0 Å². The van der Waals surface area contributed by atoms with E-state index < -0.39 is 0 Å². The first-order chi connectivity index (χ1) is 9.58. The highest BCUT2D eigenvalue weighted by molar-refractivity contribution is 5.95. The molecule has 1 fully saturated rings. The highest BCUT2D eigenvalue weighted by atomic mass is 16.5. The Labute approximate surface area is 119 Å². The van der Waals surface area contributed by atoms with Crippen LogP contribution in [0.2, 0.25) is 0 Å². The van der Waals surface area contributed by atoms with Gasteiger partial charge in [-0.1, -0.05) is 13.8 Å². The highest BCUT2D eigenvalue weighted by Gasteiger charge is 2.43. The lowest BCUT2D eigenvalue weighted by molar-refractivity contribution is -0.126. The molecule has 0 saturated carbocycles. The Hall–Kier alpha value is -1.40. The molecular formula is C14H24N4O2. The second kappa shape index (κ2) is 6.37. The number of nitrogens with one attached hydrogen (secondary N) is 2. The number of hydrogen-bond donors (Lipinski definition) is 2. The summed E-state index contributed by atoms with van der Waals surface area (Å²) in [7, 11) is 1.66. The van der Waals surface area contributed by atoms with Crippen molar-refractivity contribution in [3.63, 3.8) is 0 Å². The standard InChI is InChI=1S/C14H24N4O2/c1-11(2)14(4-5-15-10-14)13(19)17-12-8-16-18(9-12)6-7-20-3/h8-9,11,15H,4-7,10H2,1-3H3,(H,17,19). The molecule has 6 nitrogen and oxygen atoms in total. The summed E-state index contributed by atoms with van der Waals surface area (Å²) in [5, 5.41) is 10.5. The van der Waals surface area contributed by atoms with E-state index in [0.29, 0.717) is 19.1 Å². The molecule has 0 spiro atoms. The van der Waals surface area contributed by atoms with Gasteiger partial charge in [-0.2, -0.15) is 5.10 Å². The number of nitrogens with zero attached hydrogens (tertiary/aromatic N) is 2. The minimum Gasteiger partial charge on any atom is -0.383 e. The summed E-state index contributed by atoms with van der Waals surface area (Å²) in [6, 6.07) is 0. The molecule has 2 rings (SSSR count). The van der Waals surface area contributed by atoms with Crippen LogP contribution < -0.4 is 10.6 Å². The SMILES string of the molecule is COCCn1cc(NC(=O)C2(C(C)C)CCNC2)cn1. The van der Waals surface area contributed by atoms with Crippen LogP contribution in [0.4, 0.5) is 5.69 Å². The van der Waals surface area contributed by atoms with E-state index in [1.165, 1.54) is 0 Å². The van der Waals surface area contributed by atoms with Gasteiger partial charge in [0.1, 0.15) is 0 Å². The van der Waals surface area contributed by atoms with Gasteiger partial charge in [-0.15, -0.1) is 0 Å². The minimum atomic E-state index is -0.311. The predicted octanol–water partition coefficient (Wildman–Crippen LogP) is 1.10. The van der Waals surface area contributed by atoms with Crippen LogP contribution in [0.15, 0.2) is 12.4 Å². The van der Waals surface area contributed by atoms with Crippen LogP contribution in [-0.2, 0) is 16.1 Å². The molecule has 0 aromatic carbocycles. The highest BCUT2D eigenvalue weighted by Crippen LogP contribution is 2.35. The predicted molar refractivity (Wildman–Crippen MR) is 77.5 cm³/mol. The summed E-state index contributed by atoms with van der Waals surface area (Å²) in [4.78, 5) is 12.6. The smallest absolute Gasteiger partial charge is 0.232 e. The van der Waals surface area contributed by atoms with Crippen molar-refractivity contribution in [2.75, 3.05) is 32.1 Å². The van der Waals surface area contributed by atoms with Crippen LogP contribution in [0.3, 0.4) is 0 Å². The number of carbonyl (C=O) groups is 1. The number of aromatic nitrogens is 2. The van der Waals surface area contributed by atoms with Crippen molar-refractivity contribution in [2.45, 2.75) is 26.8 Å². The van der Waals surface area contributed by atoms with Crippen LogP contribution in [0.1, 0.15) is 20.3 Å². The molecule has 1 amide bonds. The van der Waals surface area contributed by atoms with Gasteiger partial charge in [0, 0.05) is 19.9 Å². The fourth-order valence-corrected chi connectivity index (χ4v) is 2.65. The molecule has 0 bridgehead atoms. The van der Waals surface area contributed by atoms with Crippen molar-refractivity contribution in [1.82, 2.24) is 15.1 Å². The van der Waals surface area contributed by atoms with E-state index >= 15 is 0 Å². The topological polar surface area (TPSA) is 68.2 Å². The maximum atomic E-state index is 12.6. The summed E-state index contributed by atoms with van der Waals surface area (Å²) in [6.45, 7) is 7.15. The van der Waals surface area contributed by atoms with Gasteiger partial charge in [0.05, 0.1) is 30.5 Å². The lowest BCUT2D eigenvalue weighted by atomic mass is 9.75. The number of hydrogen-bond acceptors (Lipinski definition) is 4. The van der Waals surface area contributed by atoms with Crippen molar-refractivity contribution in [3.05, 3.63) is 12.4 Å². The molecule has 20 heavy (non-hydrogen) atoms. The molecule has 2 N–H and O–H groups in total. The molecule has 1 unspecified atom stereocenters. The molecule has 1 aromatic heterocycles. The molecule has 1 aliphatic rings. The van der Waals surface area contributed by atoms with Gasteiger partial charge in [-0.25, -0.2) is 0 Å². The number of carbonyl (C=O) groups excluding carboxylic acids is 1. The quantitative estimate of drug-likeness (QED) is 0.819. The Morgan fingerprint density at radius 2 is 2.45 bits per heavy atom. The van der Waals surface area contributed by atoms with E-state index in [9.17, 15) is 4.79 Å². The third kappa shape index (κ3) is 3.02. The van der Waals surface area contributed by atoms with E-state index in [4.69, 9.17) is 4.74 Å². The van der Waals surface area contributed by atoms with E-state index in [2.05, 4.69) is 29.6 Å². The fraction of sp³-hybridized carbons (Fsp3) is 0.714. The number of methoxy groups -OCH3 is 1. The maximum absolute atomic E-state index is 12.6. The molecular weight excluding hydrogens is 256 g/mol. The zero-order valence-electron chi connectivity index (χ0n) is 12.5. The third-order valence-corrected chi connectivity index (χ3v) is 4.16. The van der Waals surface area contributed by atoms with Gasteiger partial charge in [0.15, 0.2) is 0 Å². The Bertz CT molecular complexity index is 450. The number of anilines is 1. The second-order valence-corrected chi connectivity index (χ2v) is 5.68. The Morgan fingerprint density at radius 3 is 3.05 bits per heavy atom. The molecule has 0 radical (unpaired) electrons. The number of amides is 1. The maximum Gasteiger partial charge on any atom is 0.232 e. The number of ether oxygens (including phenoxy) is 1. The summed E-state index contributed by atoms with van der Waals surface area (Å²) in [5.74, 6) is 0.393. The van der Waals surface area contributed by atoms with Gasteiger partial charge in [0.2, 0.25) is 5.91 Å². The van der Waals surface area contributed by atoms with Crippen LogP contribution in [0, 0.1) is 11.3 Å². The second-order valence-electron chi connectivity index (χ2n) is 5.68. The van der Waals surface area contributed by atoms with Crippen molar-refractivity contribution >= 4 is 11.6 Å². The van der Waals surface area contributed by atoms with E-state index in [1.807, 2.05) is 6.20 Å².